The highest BCUT2D eigenvalue weighted by Gasteiger charge is 2.33. The summed E-state index contributed by atoms with van der Waals surface area (Å²) in [5.74, 6) is 1.28. The van der Waals surface area contributed by atoms with E-state index in [4.69, 9.17) is 15.2 Å². The monoisotopic (exact) mass is 342 g/mol. The normalized spacial score (nSPS) is 15.9. The molecule has 0 amide bonds. The van der Waals surface area contributed by atoms with E-state index in [1.807, 2.05) is 67.6 Å². The van der Waals surface area contributed by atoms with Crippen molar-refractivity contribution in [2.45, 2.75) is 12.8 Å². The minimum Gasteiger partial charge on any atom is -0.494 e. The Morgan fingerprint density at radius 2 is 1.81 bits per heavy atom. The smallest absolute Gasteiger partial charge is 0.205 e. The second kappa shape index (κ2) is 6.45. The molecule has 0 aliphatic carbocycles. The first kappa shape index (κ1) is 16.0. The molecule has 1 atom stereocenters. The van der Waals surface area contributed by atoms with Gasteiger partial charge >= 0.3 is 0 Å². The van der Waals surface area contributed by atoms with Crippen LogP contribution in [0.1, 0.15) is 24.0 Å². The number of para-hydroxylation sites is 1. The van der Waals surface area contributed by atoms with Crippen molar-refractivity contribution in [3.63, 3.8) is 0 Å². The second-order valence-electron chi connectivity index (χ2n) is 6.10. The molecule has 1 aliphatic heterocycles. The van der Waals surface area contributed by atoms with E-state index in [0.29, 0.717) is 17.9 Å². The van der Waals surface area contributed by atoms with E-state index >= 15 is 0 Å². The van der Waals surface area contributed by atoms with Crippen molar-refractivity contribution in [2.75, 3.05) is 6.61 Å². The number of rotatable bonds is 3. The molecule has 1 heterocycles. The molecule has 4 heteroatoms. The van der Waals surface area contributed by atoms with Gasteiger partial charge in [0.1, 0.15) is 23.1 Å². The van der Waals surface area contributed by atoms with E-state index in [1.165, 1.54) is 0 Å². The van der Waals surface area contributed by atoms with Gasteiger partial charge in [0.05, 0.1) is 12.5 Å². The molecule has 26 heavy (non-hydrogen) atoms. The summed E-state index contributed by atoms with van der Waals surface area (Å²) in [6.07, 6.45) is 0. The quantitative estimate of drug-likeness (QED) is 0.763. The molecule has 128 valence electrons. The maximum Gasteiger partial charge on any atom is 0.205 e. The molecule has 1 aliphatic rings. The molecule has 0 unspecified atom stereocenters. The highest BCUT2D eigenvalue weighted by molar-refractivity contribution is 5.91. The van der Waals surface area contributed by atoms with Crippen molar-refractivity contribution >= 4 is 10.8 Å². The number of nitrogens with zero attached hydrogens (tertiary/aromatic N) is 1. The van der Waals surface area contributed by atoms with Gasteiger partial charge in [-0.3, -0.25) is 0 Å². The maximum absolute atomic E-state index is 9.74. The first-order chi connectivity index (χ1) is 12.7. The van der Waals surface area contributed by atoms with Crippen molar-refractivity contribution in [1.29, 1.82) is 5.26 Å². The van der Waals surface area contributed by atoms with Crippen LogP contribution in [0, 0.1) is 11.3 Å². The number of fused-ring (bicyclic) bond motifs is 3. The van der Waals surface area contributed by atoms with Crippen molar-refractivity contribution in [3.8, 4) is 17.6 Å². The number of allylic oxidation sites excluding steroid dienone is 1. The Bertz CT molecular complexity index is 1060. The number of hydrogen-bond acceptors (Lipinski definition) is 4. The standard InChI is InChI=1S/C22H18N2O2/c1-2-25-19-10-6-5-9-16(19)20-17-12-11-14-7-3-4-8-15(14)21(17)26-22(24)18(20)13-23/h3-12,20H,2,24H2,1H3/t20-/m1/s1. The van der Waals surface area contributed by atoms with E-state index < -0.39 is 0 Å². The molecule has 2 N–H and O–H groups in total. The highest BCUT2D eigenvalue weighted by atomic mass is 16.5. The molecule has 4 nitrogen and oxygen atoms in total. The van der Waals surface area contributed by atoms with E-state index in [-0.39, 0.29) is 11.8 Å². The fourth-order valence-electron chi connectivity index (χ4n) is 3.51. The summed E-state index contributed by atoms with van der Waals surface area (Å²) in [6, 6.07) is 22.0. The van der Waals surface area contributed by atoms with Gasteiger partial charge < -0.3 is 15.2 Å². The van der Waals surface area contributed by atoms with Gasteiger partial charge in [-0.2, -0.15) is 5.26 Å². The number of hydrogen-bond donors (Lipinski definition) is 1. The van der Waals surface area contributed by atoms with Crippen LogP contribution in [0.5, 0.6) is 11.5 Å². The fraction of sp³-hybridized carbons (Fsp3) is 0.136. The number of benzene rings is 3. The van der Waals surface area contributed by atoms with Gasteiger partial charge in [-0.25, -0.2) is 0 Å². The maximum atomic E-state index is 9.74. The summed E-state index contributed by atoms with van der Waals surface area (Å²) in [5, 5.41) is 11.8. The van der Waals surface area contributed by atoms with Crippen molar-refractivity contribution < 1.29 is 9.47 Å². The lowest BCUT2D eigenvalue weighted by Crippen LogP contribution is -2.21. The number of nitrogens with two attached hydrogens (primary N) is 1. The fourth-order valence-corrected chi connectivity index (χ4v) is 3.51. The van der Waals surface area contributed by atoms with Crippen LogP contribution in [0.2, 0.25) is 0 Å². The SMILES string of the molecule is CCOc1ccccc1[C@H]1C(C#N)=C(N)Oc2c1ccc1ccccc21. The van der Waals surface area contributed by atoms with Crippen molar-refractivity contribution in [2.24, 2.45) is 5.73 Å². The lowest BCUT2D eigenvalue weighted by Gasteiger charge is -2.28. The van der Waals surface area contributed by atoms with E-state index in [2.05, 4.69) is 6.07 Å². The molecular weight excluding hydrogens is 324 g/mol. The van der Waals surface area contributed by atoms with Gasteiger partial charge in [0.15, 0.2) is 0 Å². The van der Waals surface area contributed by atoms with Crippen LogP contribution in [0.25, 0.3) is 10.8 Å². The number of ether oxygens (including phenoxy) is 2. The Morgan fingerprint density at radius 3 is 2.62 bits per heavy atom. The van der Waals surface area contributed by atoms with Gasteiger partial charge in [-0.05, 0) is 18.4 Å². The zero-order valence-electron chi connectivity index (χ0n) is 14.4. The molecule has 0 saturated carbocycles. The lowest BCUT2D eigenvalue weighted by molar-refractivity contribution is 0.334. The van der Waals surface area contributed by atoms with Crippen LogP contribution in [0.3, 0.4) is 0 Å². The molecule has 0 aromatic heterocycles. The average Bonchev–Trinajstić information content (AvgIpc) is 2.68. The zero-order valence-corrected chi connectivity index (χ0v) is 14.4. The van der Waals surface area contributed by atoms with Crippen LogP contribution in [0.15, 0.2) is 72.1 Å². The summed E-state index contributed by atoms with van der Waals surface area (Å²) >= 11 is 0. The predicted octanol–water partition coefficient (Wildman–Crippen LogP) is 4.46. The topological polar surface area (TPSA) is 68.3 Å². The minimum absolute atomic E-state index is 0.146. The van der Waals surface area contributed by atoms with Gasteiger partial charge in [0, 0.05) is 16.5 Å². The Kier molecular flexibility index (Phi) is 3.98. The van der Waals surface area contributed by atoms with Crippen LogP contribution in [-0.4, -0.2) is 6.61 Å². The number of nitriles is 1. The molecule has 3 aromatic carbocycles. The molecule has 0 spiro atoms. The molecule has 4 rings (SSSR count). The van der Waals surface area contributed by atoms with Crippen LogP contribution < -0.4 is 15.2 Å². The first-order valence-corrected chi connectivity index (χ1v) is 8.55. The summed E-state index contributed by atoms with van der Waals surface area (Å²) in [5.41, 5.74) is 8.37. The average molecular weight is 342 g/mol. The third-order valence-electron chi connectivity index (χ3n) is 4.64. The highest BCUT2D eigenvalue weighted by Crippen LogP contribution is 2.47. The van der Waals surface area contributed by atoms with Crippen molar-refractivity contribution in [3.05, 3.63) is 83.2 Å². The van der Waals surface area contributed by atoms with Crippen LogP contribution in [0.4, 0.5) is 0 Å². The van der Waals surface area contributed by atoms with Crippen molar-refractivity contribution in [1.82, 2.24) is 0 Å². The molecular formula is C22H18N2O2. The predicted molar refractivity (Wildman–Crippen MR) is 101 cm³/mol. The Morgan fingerprint density at radius 1 is 1.04 bits per heavy atom. The third-order valence-corrected chi connectivity index (χ3v) is 4.64. The Balaban J connectivity index is 2.00. The Hall–Kier alpha value is -3.45. The van der Waals surface area contributed by atoms with E-state index in [0.717, 1.165) is 27.6 Å². The summed E-state index contributed by atoms with van der Waals surface area (Å²) in [6.45, 7) is 2.49. The Labute approximate surface area is 152 Å². The van der Waals surface area contributed by atoms with E-state index in [1.54, 1.807) is 0 Å². The van der Waals surface area contributed by atoms with Gasteiger partial charge in [-0.15, -0.1) is 0 Å². The van der Waals surface area contributed by atoms with Crippen LogP contribution in [-0.2, 0) is 0 Å². The lowest BCUT2D eigenvalue weighted by atomic mass is 9.82. The van der Waals surface area contributed by atoms with Gasteiger partial charge in [0.2, 0.25) is 5.88 Å². The molecule has 0 fully saturated rings. The molecule has 0 radical (unpaired) electrons. The molecule has 3 aromatic rings. The molecule has 0 saturated heterocycles. The summed E-state index contributed by atoms with van der Waals surface area (Å²) < 4.78 is 11.7. The largest absolute Gasteiger partial charge is 0.494 e. The third kappa shape index (κ3) is 2.46. The van der Waals surface area contributed by atoms with Crippen LogP contribution >= 0.6 is 0 Å². The minimum atomic E-state index is -0.323. The van der Waals surface area contributed by atoms with E-state index in [9.17, 15) is 5.26 Å². The summed E-state index contributed by atoms with van der Waals surface area (Å²) in [7, 11) is 0. The zero-order chi connectivity index (χ0) is 18.1. The van der Waals surface area contributed by atoms with Gasteiger partial charge in [-0.1, -0.05) is 54.6 Å². The first-order valence-electron chi connectivity index (χ1n) is 8.55. The summed E-state index contributed by atoms with van der Waals surface area (Å²) in [4.78, 5) is 0. The molecule has 0 bridgehead atoms. The second-order valence-corrected chi connectivity index (χ2v) is 6.10. The van der Waals surface area contributed by atoms with Gasteiger partial charge in [0.25, 0.3) is 0 Å².